The largest absolute Gasteiger partial charge is 0.472 e. The molecule has 0 atom stereocenters. The van der Waals surface area contributed by atoms with Crippen LogP contribution in [0.4, 0.5) is 0 Å². The number of hydrogen-bond donors (Lipinski definition) is 1. The van der Waals surface area contributed by atoms with Crippen LogP contribution in [-0.2, 0) is 13.6 Å². The smallest absolute Gasteiger partial charge is 0.255 e. The third kappa shape index (κ3) is 2.55. The van der Waals surface area contributed by atoms with Crippen LogP contribution < -0.4 is 5.32 Å². The number of amides is 1. The lowest BCUT2D eigenvalue weighted by Gasteiger charge is -2.04. The van der Waals surface area contributed by atoms with Crippen molar-refractivity contribution in [2.24, 2.45) is 7.05 Å². The molecule has 0 unspecified atom stereocenters. The maximum atomic E-state index is 12.3. The number of aryl methyl sites for hydroxylation is 2. The van der Waals surface area contributed by atoms with Gasteiger partial charge in [-0.05, 0) is 32.0 Å². The van der Waals surface area contributed by atoms with E-state index in [-0.39, 0.29) is 5.91 Å². The molecular formula is C16H17N3O3. The molecule has 3 rings (SSSR count). The van der Waals surface area contributed by atoms with Crippen LogP contribution in [0.1, 0.15) is 27.5 Å². The molecule has 0 fully saturated rings. The molecule has 0 spiro atoms. The number of furan rings is 2. The van der Waals surface area contributed by atoms with Crippen LogP contribution in [0.2, 0.25) is 0 Å². The van der Waals surface area contributed by atoms with E-state index in [0.717, 1.165) is 17.0 Å². The molecule has 0 saturated heterocycles. The fourth-order valence-corrected chi connectivity index (χ4v) is 2.39. The Kier molecular flexibility index (Phi) is 3.58. The maximum Gasteiger partial charge on any atom is 0.255 e. The molecule has 0 aromatic carbocycles. The molecule has 6 heteroatoms. The van der Waals surface area contributed by atoms with Crippen molar-refractivity contribution in [1.82, 2.24) is 15.1 Å². The molecule has 114 valence electrons. The highest BCUT2D eigenvalue weighted by molar-refractivity contribution is 5.96. The summed E-state index contributed by atoms with van der Waals surface area (Å²) >= 11 is 0. The number of carbonyl (C=O) groups excluding carboxylic acids is 1. The third-order valence-corrected chi connectivity index (χ3v) is 3.63. The summed E-state index contributed by atoms with van der Waals surface area (Å²) in [6.45, 7) is 4.02. The highest BCUT2D eigenvalue weighted by Crippen LogP contribution is 2.22. The Hall–Kier alpha value is -2.76. The van der Waals surface area contributed by atoms with Gasteiger partial charge >= 0.3 is 0 Å². The first-order valence-corrected chi connectivity index (χ1v) is 6.96. The molecule has 1 amide bonds. The molecule has 0 aliphatic rings. The first-order chi connectivity index (χ1) is 10.6. The zero-order valence-electron chi connectivity index (χ0n) is 12.7. The van der Waals surface area contributed by atoms with Crippen molar-refractivity contribution in [2.45, 2.75) is 20.4 Å². The number of carbonyl (C=O) groups is 1. The van der Waals surface area contributed by atoms with Gasteiger partial charge < -0.3 is 14.2 Å². The minimum Gasteiger partial charge on any atom is -0.472 e. The average molecular weight is 299 g/mol. The Bertz CT molecular complexity index is 797. The number of aromatic nitrogens is 2. The lowest BCUT2D eigenvalue weighted by Crippen LogP contribution is -2.23. The van der Waals surface area contributed by atoms with Crippen molar-refractivity contribution in [3.8, 4) is 11.3 Å². The molecule has 0 radical (unpaired) electrons. The van der Waals surface area contributed by atoms with Crippen LogP contribution in [0.5, 0.6) is 0 Å². The topological polar surface area (TPSA) is 73.2 Å². The second-order valence-corrected chi connectivity index (χ2v) is 5.13. The minimum atomic E-state index is -0.149. The first kappa shape index (κ1) is 14.2. The Morgan fingerprint density at radius 2 is 2.14 bits per heavy atom. The molecular weight excluding hydrogens is 282 g/mol. The van der Waals surface area contributed by atoms with Crippen molar-refractivity contribution in [3.63, 3.8) is 0 Å². The quantitative estimate of drug-likeness (QED) is 0.804. The summed E-state index contributed by atoms with van der Waals surface area (Å²) in [6, 6.07) is 5.52. The predicted molar refractivity (Wildman–Crippen MR) is 80.3 cm³/mol. The molecule has 3 aromatic rings. The molecule has 0 aliphatic carbocycles. The van der Waals surface area contributed by atoms with Crippen molar-refractivity contribution in [3.05, 3.63) is 53.4 Å². The summed E-state index contributed by atoms with van der Waals surface area (Å²) in [5.41, 5.74) is 3.05. The Labute approximate surface area is 127 Å². The van der Waals surface area contributed by atoms with Gasteiger partial charge in [0.15, 0.2) is 0 Å². The van der Waals surface area contributed by atoms with Crippen LogP contribution in [0.25, 0.3) is 11.3 Å². The number of nitrogens with zero attached hydrogens (tertiary/aromatic N) is 2. The van der Waals surface area contributed by atoms with Crippen LogP contribution in [0.3, 0.4) is 0 Å². The Balaban J connectivity index is 1.69. The zero-order valence-corrected chi connectivity index (χ0v) is 12.7. The summed E-state index contributed by atoms with van der Waals surface area (Å²) in [4.78, 5) is 12.3. The van der Waals surface area contributed by atoms with Crippen LogP contribution in [-0.4, -0.2) is 15.7 Å². The third-order valence-electron chi connectivity index (χ3n) is 3.63. The van der Waals surface area contributed by atoms with Crippen LogP contribution in [0.15, 0.2) is 39.6 Å². The Morgan fingerprint density at radius 3 is 2.77 bits per heavy atom. The van der Waals surface area contributed by atoms with Crippen molar-refractivity contribution >= 4 is 5.91 Å². The Morgan fingerprint density at radius 1 is 1.32 bits per heavy atom. The molecule has 0 bridgehead atoms. The van der Waals surface area contributed by atoms with Crippen LogP contribution >= 0.6 is 0 Å². The van der Waals surface area contributed by atoms with E-state index in [1.54, 1.807) is 17.2 Å². The van der Waals surface area contributed by atoms with Gasteiger partial charge in [-0.15, -0.1) is 0 Å². The van der Waals surface area contributed by atoms with E-state index < -0.39 is 0 Å². The van der Waals surface area contributed by atoms with Gasteiger partial charge in [-0.25, -0.2) is 0 Å². The molecule has 0 aliphatic heterocycles. The van der Waals surface area contributed by atoms with E-state index >= 15 is 0 Å². The SMILES string of the molecule is Cc1nn(C)c(C)c1C(=O)NCc1ccc(-c2ccoc2)o1. The van der Waals surface area contributed by atoms with E-state index in [4.69, 9.17) is 8.83 Å². The summed E-state index contributed by atoms with van der Waals surface area (Å²) < 4.78 is 12.4. The fraction of sp³-hybridized carbons (Fsp3) is 0.250. The van der Waals surface area contributed by atoms with Gasteiger partial charge in [-0.2, -0.15) is 5.10 Å². The maximum absolute atomic E-state index is 12.3. The molecule has 3 heterocycles. The first-order valence-electron chi connectivity index (χ1n) is 6.96. The van der Waals surface area contributed by atoms with Gasteiger partial charge in [0.1, 0.15) is 17.8 Å². The van der Waals surface area contributed by atoms with E-state index in [0.29, 0.717) is 23.6 Å². The number of nitrogens with one attached hydrogen (secondary N) is 1. The summed E-state index contributed by atoms with van der Waals surface area (Å²) in [6.07, 6.45) is 3.21. The van der Waals surface area contributed by atoms with E-state index in [1.165, 1.54) is 0 Å². The second kappa shape index (κ2) is 5.55. The second-order valence-electron chi connectivity index (χ2n) is 5.13. The summed E-state index contributed by atoms with van der Waals surface area (Å²) in [5.74, 6) is 1.25. The molecule has 6 nitrogen and oxygen atoms in total. The monoisotopic (exact) mass is 299 g/mol. The molecule has 22 heavy (non-hydrogen) atoms. The van der Waals surface area contributed by atoms with Crippen LogP contribution in [0, 0.1) is 13.8 Å². The van der Waals surface area contributed by atoms with Gasteiger partial charge in [0.25, 0.3) is 5.91 Å². The lowest BCUT2D eigenvalue weighted by atomic mass is 10.2. The van der Waals surface area contributed by atoms with E-state index in [9.17, 15) is 4.79 Å². The predicted octanol–water partition coefficient (Wildman–Crippen LogP) is 2.82. The number of rotatable bonds is 4. The fourth-order valence-electron chi connectivity index (χ4n) is 2.39. The van der Waals surface area contributed by atoms with E-state index in [1.807, 2.05) is 39.1 Å². The minimum absolute atomic E-state index is 0.149. The van der Waals surface area contributed by atoms with Crippen molar-refractivity contribution < 1.29 is 13.6 Å². The zero-order chi connectivity index (χ0) is 15.7. The summed E-state index contributed by atoms with van der Waals surface area (Å²) in [5, 5.41) is 7.11. The van der Waals surface area contributed by atoms with E-state index in [2.05, 4.69) is 10.4 Å². The lowest BCUT2D eigenvalue weighted by molar-refractivity contribution is 0.0947. The van der Waals surface area contributed by atoms with Crippen molar-refractivity contribution in [2.75, 3.05) is 0 Å². The molecule has 3 aromatic heterocycles. The number of hydrogen-bond acceptors (Lipinski definition) is 4. The molecule has 1 N–H and O–H groups in total. The van der Waals surface area contributed by atoms with Gasteiger partial charge in [0, 0.05) is 12.7 Å². The summed E-state index contributed by atoms with van der Waals surface area (Å²) in [7, 11) is 1.82. The van der Waals surface area contributed by atoms with Gasteiger partial charge in [0.05, 0.1) is 29.6 Å². The molecule has 0 saturated carbocycles. The van der Waals surface area contributed by atoms with Gasteiger partial charge in [-0.1, -0.05) is 0 Å². The average Bonchev–Trinajstić information content (AvgIpc) is 3.19. The van der Waals surface area contributed by atoms with Gasteiger partial charge in [-0.3, -0.25) is 9.48 Å². The van der Waals surface area contributed by atoms with Crippen molar-refractivity contribution in [1.29, 1.82) is 0 Å². The highest BCUT2D eigenvalue weighted by Gasteiger charge is 2.17. The normalized spacial score (nSPS) is 10.9. The highest BCUT2D eigenvalue weighted by atomic mass is 16.3. The van der Waals surface area contributed by atoms with Gasteiger partial charge in [0.2, 0.25) is 0 Å². The standard InChI is InChI=1S/C16H17N3O3/c1-10-15(11(2)19(3)18-10)16(20)17-8-13-4-5-14(22-13)12-6-7-21-9-12/h4-7,9H,8H2,1-3H3,(H,17,20).